The molecule has 0 atom stereocenters. The summed E-state index contributed by atoms with van der Waals surface area (Å²) in [5, 5.41) is 12.1. The van der Waals surface area contributed by atoms with Crippen LogP contribution in [0.5, 0.6) is 0 Å². The van der Waals surface area contributed by atoms with Crippen molar-refractivity contribution in [1.29, 1.82) is 0 Å². The van der Waals surface area contributed by atoms with Gasteiger partial charge in [-0.05, 0) is 30.4 Å². The largest absolute Gasteiger partial charge is 0.478 e. The number of aliphatic carboxylic acids is 1. The number of allylic oxidation sites excluding steroid dienone is 1. The summed E-state index contributed by atoms with van der Waals surface area (Å²) in [4.78, 5) is 10.6. The van der Waals surface area contributed by atoms with E-state index >= 15 is 0 Å². The first-order valence-corrected chi connectivity index (χ1v) is 9.98. The SMILES string of the molecule is C=C(C/C=C\CNCc1ccc(CCCCCCCCC)cc1)C(=O)O. The second-order valence-electron chi connectivity index (χ2n) is 6.90. The zero-order chi connectivity index (χ0) is 19.0. The van der Waals surface area contributed by atoms with Gasteiger partial charge in [0.05, 0.1) is 0 Å². The molecule has 0 bridgehead atoms. The first-order valence-electron chi connectivity index (χ1n) is 9.98. The average Bonchev–Trinajstić information content (AvgIpc) is 2.64. The van der Waals surface area contributed by atoms with Gasteiger partial charge in [0.15, 0.2) is 0 Å². The summed E-state index contributed by atoms with van der Waals surface area (Å²) in [5.41, 5.74) is 2.92. The maximum atomic E-state index is 10.6. The normalized spacial score (nSPS) is 11.1. The number of rotatable bonds is 15. The third-order valence-corrected chi connectivity index (χ3v) is 4.52. The third kappa shape index (κ3) is 10.9. The van der Waals surface area contributed by atoms with E-state index in [2.05, 4.69) is 43.1 Å². The Bertz CT molecular complexity index is 546. The van der Waals surface area contributed by atoms with Crippen LogP contribution >= 0.6 is 0 Å². The highest BCUT2D eigenvalue weighted by atomic mass is 16.4. The summed E-state index contributed by atoms with van der Waals surface area (Å²) >= 11 is 0. The number of unbranched alkanes of at least 4 members (excludes halogenated alkanes) is 6. The van der Waals surface area contributed by atoms with Gasteiger partial charge in [-0.15, -0.1) is 0 Å². The second-order valence-corrected chi connectivity index (χ2v) is 6.90. The molecule has 0 heterocycles. The van der Waals surface area contributed by atoms with Crippen molar-refractivity contribution in [2.75, 3.05) is 6.54 Å². The molecular formula is C23H35NO2. The Morgan fingerprint density at radius 1 is 1.00 bits per heavy atom. The highest BCUT2D eigenvalue weighted by Crippen LogP contribution is 2.11. The molecule has 1 rings (SSSR count). The van der Waals surface area contributed by atoms with Crippen LogP contribution in [0.1, 0.15) is 69.4 Å². The fourth-order valence-corrected chi connectivity index (χ4v) is 2.81. The number of aryl methyl sites for hydroxylation is 1. The number of carbonyl (C=O) groups is 1. The van der Waals surface area contributed by atoms with E-state index in [1.165, 1.54) is 62.5 Å². The van der Waals surface area contributed by atoms with Gasteiger partial charge in [-0.3, -0.25) is 0 Å². The van der Waals surface area contributed by atoms with Gasteiger partial charge in [-0.2, -0.15) is 0 Å². The van der Waals surface area contributed by atoms with Crippen LogP contribution in [0.3, 0.4) is 0 Å². The van der Waals surface area contributed by atoms with Crippen molar-refractivity contribution in [3.05, 3.63) is 59.7 Å². The van der Waals surface area contributed by atoms with Crippen molar-refractivity contribution in [3.8, 4) is 0 Å². The number of carboxylic acid groups (broad SMARTS) is 1. The summed E-state index contributed by atoms with van der Waals surface area (Å²) in [6, 6.07) is 8.86. The Morgan fingerprint density at radius 2 is 1.62 bits per heavy atom. The van der Waals surface area contributed by atoms with Gasteiger partial charge in [0.25, 0.3) is 0 Å². The van der Waals surface area contributed by atoms with Crippen molar-refractivity contribution in [3.63, 3.8) is 0 Å². The van der Waals surface area contributed by atoms with Crippen molar-refractivity contribution in [2.45, 2.75) is 71.3 Å². The fourth-order valence-electron chi connectivity index (χ4n) is 2.81. The number of hydrogen-bond donors (Lipinski definition) is 2. The summed E-state index contributed by atoms with van der Waals surface area (Å²) in [6.45, 7) is 7.31. The monoisotopic (exact) mass is 357 g/mol. The Morgan fingerprint density at radius 3 is 2.27 bits per heavy atom. The quantitative estimate of drug-likeness (QED) is 0.242. The van der Waals surface area contributed by atoms with Gasteiger partial charge in [0.2, 0.25) is 0 Å². The highest BCUT2D eigenvalue weighted by molar-refractivity contribution is 5.85. The van der Waals surface area contributed by atoms with Crippen LogP contribution in [0.2, 0.25) is 0 Å². The molecule has 0 fully saturated rings. The molecule has 1 aromatic carbocycles. The van der Waals surface area contributed by atoms with Gasteiger partial charge >= 0.3 is 5.97 Å². The van der Waals surface area contributed by atoms with Crippen molar-refractivity contribution in [1.82, 2.24) is 5.32 Å². The minimum Gasteiger partial charge on any atom is -0.478 e. The zero-order valence-corrected chi connectivity index (χ0v) is 16.3. The average molecular weight is 358 g/mol. The Balaban J connectivity index is 2.12. The zero-order valence-electron chi connectivity index (χ0n) is 16.3. The van der Waals surface area contributed by atoms with E-state index in [9.17, 15) is 4.79 Å². The first-order chi connectivity index (χ1) is 12.6. The molecule has 0 aromatic heterocycles. The lowest BCUT2D eigenvalue weighted by Crippen LogP contribution is -2.12. The van der Waals surface area contributed by atoms with E-state index in [-0.39, 0.29) is 5.57 Å². The van der Waals surface area contributed by atoms with Crippen LogP contribution in [0, 0.1) is 0 Å². The van der Waals surface area contributed by atoms with Crippen LogP contribution in [0.25, 0.3) is 0 Å². The van der Waals surface area contributed by atoms with Crippen LogP contribution in [-0.4, -0.2) is 17.6 Å². The molecule has 0 spiro atoms. The third-order valence-electron chi connectivity index (χ3n) is 4.52. The molecule has 0 saturated carbocycles. The number of carboxylic acids is 1. The predicted octanol–water partition coefficient (Wildman–Crippen LogP) is 5.66. The van der Waals surface area contributed by atoms with Gasteiger partial charge in [0.1, 0.15) is 0 Å². The van der Waals surface area contributed by atoms with Gasteiger partial charge in [-0.1, -0.05) is 88.4 Å². The number of hydrogen-bond acceptors (Lipinski definition) is 2. The minimum atomic E-state index is -0.931. The van der Waals surface area contributed by atoms with Gasteiger partial charge in [0, 0.05) is 18.7 Å². The number of benzene rings is 1. The van der Waals surface area contributed by atoms with Crippen LogP contribution < -0.4 is 5.32 Å². The Labute approximate surface area is 159 Å². The van der Waals surface area contributed by atoms with Crippen molar-refractivity contribution in [2.24, 2.45) is 0 Å². The molecule has 0 aliphatic carbocycles. The van der Waals surface area contributed by atoms with Crippen LogP contribution in [-0.2, 0) is 17.8 Å². The lowest BCUT2D eigenvalue weighted by atomic mass is 10.0. The van der Waals surface area contributed by atoms with E-state index in [0.29, 0.717) is 6.42 Å². The molecule has 0 aliphatic rings. The summed E-state index contributed by atoms with van der Waals surface area (Å²) in [6.07, 6.45) is 14.8. The molecule has 144 valence electrons. The van der Waals surface area contributed by atoms with Crippen LogP contribution in [0.15, 0.2) is 48.6 Å². The molecule has 1 aromatic rings. The second kappa shape index (κ2) is 14.3. The van der Waals surface area contributed by atoms with Crippen LogP contribution in [0.4, 0.5) is 0 Å². The lowest BCUT2D eigenvalue weighted by Gasteiger charge is -2.05. The van der Waals surface area contributed by atoms with E-state index < -0.39 is 5.97 Å². The Kier molecular flexibility index (Phi) is 12.2. The maximum absolute atomic E-state index is 10.6. The molecule has 3 heteroatoms. The van der Waals surface area contributed by atoms with Crippen molar-refractivity contribution >= 4 is 5.97 Å². The molecule has 0 radical (unpaired) electrons. The fraction of sp³-hybridized carbons (Fsp3) is 0.522. The highest BCUT2D eigenvalue weighted by Gasteiger charge is 1.99. The Hall–Kier alpha value is -1.87. The molecule has 2 N–H and O–H groups in total. The first kappa shape index (κ1) is 22.2. The van der Waals surface area contributed by atoms with E-state index in [1.807, 2.05) is 12.2 Å². The molecule has 0 amide bonds. The minimum absolute atomic E-state index is 0.220. The maximum Gasteiger partial charge on any atom is 0.331 e. The smallest absolute Gasteiger partial charge is 0.331 e. The molecular weight excluding hydrogens is 322 g/mol. The van der Waals surface area contributed by atoms with Crippen molar-refractivity contribution < 1.29 is 9.90 Å². The lowest BCUT2D eigenvalue weighted by molar-refractivity contribution is -0.132. The molecule has 0 unspecified atom stereocenters. The molecule has 0 aliphatic heterocycles. The molecule has 3 nitrogen and oxygen atoms in total. The summed E-state index contributed by atoms with van der Waals surface area (Å²) in [5.74, 6) is -0.931. The topological polar surface area (TPSA) is 49.3 Å². The summed E-state index contributed by atoms with van der Waals surface area (Å²) in [7, 11) is 0. The van der Waals surface area contributed by atoms with E-state index in [4.69, 9.17) is 5.11 Å². The van der Waals surface area contributed by atoms with Gasteiger partial charge in [-0.25, -0.2) is 4.79 Å². The van der Waals surface area contributed by atoms with Gasteiger partial charge < -0.3 is 10.4 Å². The molecule has 26 heavy (non-hydrogen) atoms. The van der Waals surface area contributed by atoms with E-state index in [1.54, 1.807) is 0 Å². The standard InChI is InChI=1S/C23H35NO2/c1-3-4-5-6-7-8-9-13-21-14-16-22(17-15-21)19-24-18-11-10-12-20(2)23(25)26/h10-11,14-17,24H,2-9,12-13,18-19H2,1H3,(H,25,26)/b11-10-. The summed E-state index contributed by atoms with van der Waals surface area (Å²) < 4.78 is 0. The molecule has 0 saturated heterocycles. The number of nitrogens with one attached hydrogen (secondary N) is 1. The predicted molar refractivity (Wildman–Crippen MR) is 110 cm³/mol. The van der Waals surface area contributed by atoms with E-state index in [0.717, 1.165) is 13.1 Å².